The molecule has 2 aliphatic rings. The minimum absolute atomic E-state index is 0.0117. The van der Waals surface area contributed by atoms with Crippen molar-refractivity contribution in [1.29, 1.82) is 0 Å². The lowest BCUT2D eigenvalue weighted by Crippen LogP contribution is -2.43. The normalized spacial score (nSPS) is 19.0. The zero-order chi connectivity index (χ0) is 22.9. The van der Waals surface area contributed by atoms with Gasteiger partial charge in [-0.1, -0.05) is 34.1 Å². The van der Waals surface area contributed by atoms with Crippen molar-refractivity contribution in [3.05, 3.63) is 63.1 Å². The van der Waals surface area contributed by atoms with Crippen LogP contribution in [-0.2, 0) is 26.2 Å². The summed E-state index contributed by atoms with van der Waals surface area (Å²) < 4.78 is 12.9. The molecule has 1 amide bonds. The summed E-state index contributed by atoms with van der Waals surface area (Å²) in [6.07, 6.45) is 2.84. The monoisotopic (exact) mass is 499 g/mol. The van der Waals surface area contributed by atoms with Crippen LogP contribution < -0.4 is 4.74 Å². The third-order valence-electron chi connectivity index (χ3n) is 6.94. The second-order valence-electron chi connectivity index (χ2n) is 8.86. The van der Waals surface area contributed by atoms with Gasteiger partial charge < -0.3 is 14.4 Å². The van der Waals surface area contributed by atoms with Gasteiger partial charge in [-0.3, -0.25) is 9.59 Å². The number of benzene rings is 2. The highest BCUT2D eigenvalue weighted by molar-refractivity contribution is 9.10. The van der Waals surface area contributed by atoms with E-state index in [2.05, 4.69) is 34.1 Å². The predicted octanol–water partition coefficient (Wildman–Crippen LogP) is 5.27. The number of aryl methyl sites for hydroxylation is 1. The Hall–Kier alpha value is -2.34. The number of ether oxygens (including phenoxy) is 2. The fourth-order valence-electron chi connectivity index (χ4n) is 5.21. The van der Waals surface area contributed by atoms with Crippen LogP contribution in [0.4, 0.5) is 0 Å². The molecule has 1 aliphatic heterocycles. The molecule has 0 radical (unpaired) electrons. The minimum Gasteiger partial charge on any atom is -0.485 e. The molecule has 1 fully saturated rings. The first kappa shape index (κ1) is 22.8. The summed E-state index contributed by atoms with van der Waals surface area (Å²) in [5, 5.41) is 0. The van der Waals surface area contributed by atoms with Gasteiger partial charge in [0.2, 0.25) is 5.91 Å². The van der Waals surface area contributed by atoms with Crippen LogP contribution in [0.25, 0.3) is 0 Å². The molecule has 1 spiro atoms. The average Bonchev–Trinajstić information content (AvgIpc) is 3.03. The summed E-state index contributed by atoms with van der Waals surface area (Å²) >= 11 is 3.63. The minimum atomic E-state index is -0.241. The van der Waals surface area contributed by atoms with Crippen LogP contribution >= 0.6 is 15.9 Å². The highest BCUT2D eigenvalue weighted by Crippen LogP contribution is 2.53. The molecule has 0 aromatic heterocycles. The van der Waals surface area contributed by atoms with Gasteiger partial charge in [0, 0.05) is 35.5 Å². The number of hydrogen-bond acceptors (Lipinski definition) is 4. The maximum atomic E-state index is 12.2. The van der Waals surface area contributed by atoms with Crippen molar-refractivity contribution >= 4 is 27.8 Å². The molecule has 1 saturated heterocycles. The SMILES string of the molecule is CCOC(=O)Cc1c(C)cccc1OC1CC2(CCN(C(C)=O)CC2)c2ccc(Br)cc21. The van der Waals surface area contributed by atoms with E-state index >= 15 is 0 Å². The highest BCUT2D eigenvalue weighted by Gasteiger charge is 2.47. The summed E-state index contributed by atoms with van der Waals surface area (Å²) in [6.45, 7) is 7.38. The lowest BCUT2D eigenvalue weighted by atomic mass is 9.73. The van der Waals surface area contributed by atoms with Crippen molar-refractivity contribution in [3.63, 3.8) is 0 Å². The average molecular weight is 500 g/mol. The third-order valence-corrected chi connectivity index (χ3v) is 7.43. The molecular weight excluding hydrogens is 470 g/mol. The zero-order valence-electron chi connectivity index (χ0n) is 18.9. The van der Waals surface area contributed by atoms with Crippen LogP contribution in [-0.4, -0.2) is 36.5 Å². The molecule has 0 bridgehead atoms. The molecule has 1 atom stereocenters. The first-order valence-corrected chi connectivity index (χ1v) is 12.1. The standard InChI is InChI=1S/C26H30BrNO4/c1-4-31-25(30)15-20-17(2)6-5-7-23(20)32-24-16-26(10-12-28(13-11-26)18(3)29)22-9-8-19(27)14-21(22)24/h5-9,14,24H,4,10-13,15-16H2,1-3H3. The van der Waals surface area contributed by atoms with E-state index in [0.29, 0.717) is 6.61 Å². The van der Waals surface area contributed by atoms with E-state index in [1.165, 1.54) is 11.1 Å². The second kappa shape index (κ2) is 9.26. The predicted molar refractivity (Wildman–Crippen MR) is 127 cm³/mol. The van der Waals surface area contributed by atoms with Crippen LogP contribution in [0.15, 0.2) is 40.9 Å². The Morgan fingerprint density at radius 3 is 2.62 bits per heavy atom. The van der Waals surface area contributed by atoms with Gasteiger partial charge in [-0.2, -0.15) is 0 Å². The van der Waals surface area contributed by atoms with Crippen molar-refractivity contribution in [2.75, 3.05) is 19.7 Å². The van der Waals surface area contributed by atoms with E-state index < -0.39 is 0 Å². The number of carbonyl (C=O) groups excluding carboxylic acids is 2. The lowest BCUT2D eigenvalue weighted by Gasteiger charge is -2.40. The van der Waals surface area contributed by atoms with Gasteiger partial charge in [0.25, 0.3) is 0 Å². The molecule has 5 nitrogen and oxygen atoms in total. The first-order chi connectivity index (χ1) is 15.3. The Morgan fingerprint density at radius 2 is 1.94 bits per heavy atom. The second-order valence-corrected chi connectivity index (χ2v) is 9.78. The topological polar surface area (TPSA) is 55.8 Å². The largest absolute Gasteiger partial charge is 0.485 e. The van der Waals surface area contributed by atoms with E-state index in [1.54, 1.807) is 6.92 Å². The van der Waals surface area contributed by atoms with E-state index in [4.69, 9.17) is 9.47 Å². The molecular formula is C26H30BrNO4. The van der Waals surface area contributed by atoms with Gasteiger partial charge >= 0.3 is 5.97 Å². The summed E-state index contributed by atoms with van der Waals surface area (Å²) in [4.78, 5) is 26.0. The molecule has 1 aliphatic carbocycles. The molecule has 0 saturated carbocycles. The Morgan fingerprint density at radius 1 is 1.19 bits per heavy atom. The van der Waals surface area contributed by atoms with E-state index in [1.807, 2.05) is 36.9 Å². The number of fused-ring (bicyclic) bond motifs is 2. The summed E-state index contributed by atoms with van der Waals surface area (Å²) in [6, 6.07) is 12.4. The van der Waals surface area contributed by atoms with Gasteiger partial charge in [0.15, 0.2) is 0 Å². The fourth-order valence-corrected chi connectivity index (χ4v) is 5.59. The van der Waals surface area contributed by atoms with Crippen molar-refractivity contribution in [2.24, 2.45) is 0 Å². The zero-order valence-corrected chi connectivity index (χ0v) is 20.5. The molecule has 6 heteroatoms. The van der Waals surface area contributed by atoms with E-state index in [9.17, 15) is 9.59 Å². The Balaban J connectivity index is 1.64. The first-order valence-electron chi connectivity index (χ1n) is 11.3. The summed E-state index contributed by atoms with van der Waals surface area (Å²) in [5.41, 5.74) is 4.44. The number of hydrogen-bond donors (Lipinski definition) is 0. The summed E-state index contributed by atoms with van der Waals surface area (Å²) in [5.74, 6) is 0.645. The van der Waals surface area contributed by atoms with Crippen molar-refractivity contribution in [2.45, 2.75) is 58.0 Å². The molecule has 2 aromatic carbocycles. The third kappa shape index (κ3) is 4.42. The van der Waals surface area contributed by atoms with Gasteiger partial charge in [-0.05, 0) is 68.0 Å². The van der Waals surface area contributed by atoms with Crippen molar-refractivity contribution < 1.29 is 19.1 Å². The smallest absolute Gasteiger partial charge is 0.310 e. The van der Waals surface area contributed by atoms with Crippen LogP contribution in [0.2, 0.25) is 0 Å². The highest BCUT2D eigenvalue weighted by atomic mass is 79.9. The number of piperidine rings is 1. The van der Waals surface area contributed by atoms with Gasteiger partial charge in [0.1, 0.15) is 11.9 Å². The van der Waals surface area contributed by atoms with Gasteiger partial charge in [-0.15, -0.1) is 0 Å². The summed E-state index contributed by atoms with van der Waals surface area (Å²) in [7, 11) is 0. The number of halogens is 1. The Bertz CT molecular complexity index is 1030. The van der Waals surface area contributed by atoms with Gasteiger partial charge in [-0.25, -0.2) is 0 Å². The molecule has 1 heterocycles. The molecule has 4 rings (SSSR count). The fraction of sp³-hybridized carbons (Fsp3) is 0.462. The number of amides is 1. The molecule has 32 heavy (non-hydrogen) atoms. The number of likely N-dealkylation sites (tertiary alicyclic amines) is 1. The van der Waals surface area contributed by atoms with Crippen LogP contribution in [0, 0.1) is 6.92 Å². The van der Waals surface area contributed by atoms with E-state index in [-0.39, 0.29) is 29.8 Å². The van der Waals surface area contributed by atoms with E-state index in [0.717, 1.165) is 53.7 Å². The molecule has 1 unspecified atom stereocenters. The quantitative estimate of drug-likeness (QED) is 0.526. The molecule has 0 N–H and O–H groups in total. The Kier molecular flexibility index (Phi) is 6.61. The number of rotatable bonds is 5. The lowest BCUT2D eigenvalue weighted by molar-refractivity contribution is -0.142. The maximum Gasteiger partial charge on any atom is 0.310 e. The number of carbonyl (C=O) groups is 2. The van der Waals surface area contributed by atoms with Crippen LogP contribution in [0.5, 0.6) is 5.75 Å². The molecule has 2 aromatic rings. The number of esters is 1. The van der Waals surface area contributed by atoms with Crippen molar-refractivity contribution in [3.8, 4) is 5.75 Å². The van der Waals surface area contributed by atoms with Crippen molar-refractivity contribution in [1.82, 2.24) is 4.90 Å². The molecule has 170 valence electrons. The van der Waals surface area contributed by atoms with Crippen LogP contribution in [0.1, 0.15) is 61.5 Å². The number of nitrogens with zero attached hydrogens (tertiary/aromatic N) is 1. The van der Waals surface area contributed by atoms with Gasteiger partial charge in [0.05, 0.1) is 13.0 Å². The Labute approximate surface area is 198 Å². The van der Waals surface area contributed by atoms with Crippen LogP contribution in [0.3, 0.4) is 0 Å². The maximum absolute atomic E-state index is 12.2.